The molecule has 0 heterocycles. The quantitative estimate of drug-likeness (QED) is 0.561. The van der Waals surface area contributed by atoms with Crippen LogP contribution in [0.15, 0.2) is 11.1 Å². The van der Waals surface area contributed by atoms with Crippen molar-refractivity contribution in [3.63, 3.8) is 0 Å². The second-order valence-corrected chi connectivity index (χ2v) is 2.13. The lowest BCUT2D eigenvalue weighted by Crippen LogP contribution is -2.20. The molecule has 4 nitrogen and oxygen atoms in total. The fourth-order valence-electron chi connectivity index (χ4n) is 0.518. The molecule has 0 aromatic rings. The number of carbonyl (C=O) groups excluding carboxylic acids is 1. The monoisotopic (exact) mass is 157 g/mol. The number of hydrogen-bond acceptors (Lipinski definition) is 2. The molecule has 0 aromatic carbocycles. The van der Waals surface area contributed by atoms with Crippen LogP contribution >= 0.6 is 0 Å². The number of amides is 1. The van der Waals surface area contributed by atoms with Gasteiger partial charge in [-0.1, -0.05) is 0 Å². The van der Waals surface area contributed by atoms with Crippen molar-refractivity contribution >= 4 is 11.9 Å². The SMILES string of the molecule is CNC(=O)C(C)=C(C)C(=O)O. The van der Waals surface area contributed by atoms with E-state index in [9.17, 15) is 9.59 Å². The van der Waals surface area contributed by atoms with Crippen LogP contribution in [0.2, 0.25) is 0 Å². The van der Waals surface area contributed by atoms with Crippen LogP contribution in [0.1, 0.15) is 13.8 Å². The van der Waals surface area contributed by atoms with Gasteiger partial charge in [-0.05, 0) is 13.8 Å². The zero-order valence-electron chi connectivity index (χ0n) is 6.76. The van der Waals surface area contributed by atoms with E-state index in [-0.39, 0.29) is 17.1 Å². The zero-order chi connectivity index (χ0) is 9.02. The predicted molar refractivity (Wildman–Crippen MR) is 40.1 cm³/mol. The summed E-state index contributed by atoms with van der Waals surface area (Å²) in [4.78, 5) is 21.1. The fraction of sp³-hybridized carbons (Fsp3) is 0.429. The Morgan fingerprint density at radius 1 is 1.18 bits per heavy atom. The van der Waals surface area contributed by atoms with Crippen LogP contribution in [0.5, 0.6) is 0 Å². The van der Waals surface area contributed by atoms with Gasteiger partial charge in [0.05, 0.1) is 0 Å². The van der Waals surface area contributed by atoms with Gasteiger partial charge >= 0.3 is 5.97 Å². The van der Waals surface area contributed by atoms with Crippen molar-refractivity contribution in [2.75, 3.05) is 7.05 Å². The number of rotatable bonds is 2. The normalized spacial score (nSPS) is 11.9. The van der Waals surface area contributed by atoms with Crippen molar-refractivity contribution in [3.8, 4) is 0 Å². The van der Waals surface area contributed by atoms with Crippen LogP contribution in [0.4, 0.5) is 0 Å². The molecular formula is C7H11NO3. The number of likely N-dealkylation sites (N-methyl/N-ethyl adjacent to an activating group) is 1. The third-order valence-electron chi connectivity index (χ3n) is 1.45. The molecule has 0 aliphatic heterocycles. The van der Waals surface area contributed by atoms with Gasteiger partial charge in [-0.15, -0.1) is 0 Å². The summed E-state index contributed by atoms with van der Waals surface area (Å²) in [6, 6.07) is 0. The molecule has 0 spiro atoms. The predicted octanol–water partition coefficient (Wildman–Crippen LogP) is 0.153. The molecule has 0 bridgehead atoms. The van der Waals surface area contributed by atoms with E-state index >= 15 is 0 Å². The minimum absolute atomic E-state index is 0.0735. The highest BCUT2D eigenvalue weighted by Gasteiger charge is 2.10. The van der Waals surface area contributed by atoms with Gasteiger partial charge in [-0.25, -0.2) is 4.79 Å². The molecule has 2 N–H and O–H groups in total. The zero-order valence-corrected chi connectivity index (χ0v) is 6.76. The third kappa shape index (κ3) is 2.41. The average molecular weight is 157 g/mol. The van der Waals surface area contributed by atoms with Crippen LogP contribution < -0.4 is 5.32 Å². The van der Waals surface area contributed by atoms with Crippen molar-refractivity contribution in [3.05, 3.63) is 11.1 Å². The van der Waals surface area contributed by atoms with Crippen LogP contribution in [0.25, 0.3) is 0 Å². The lowest BCUT2D eigenvalue weighted by molar-refractivity contribution is -0.133. The van der Waals surface area contributed by atoms with Crippen LogP contribution in [-0.2, 0) is 9.59 Å². The second kappa shape index (κ2) is 3.75. The molecule has 0 radical (unpaired) electrons. The van der Waals surface area contributed by atoms with E-state index in [1.807, 2.05) is 0 Å². The highest BCUT2D eigenvalue weighted by atomic mass is 16.4. The lowest BCUT2D eigenvalue weighted by Gasteiger charge is -2.00. The minimum Gasteiger partial charge on any atom is -0.478 e. The largest absolute Gasteiger partial charge is 0.478 e. The van der Waals surface area contributed by atoms with Crippen molar-refractivity contribution in [2.45, 2.75) is 13.8 Å². The molecule has 0 atom stereocenters. The van der Waals surface area contributed by atoms with Crippen LogP contribution in [-0.4, -0.2) is 24.0 Å². The van der Waals surface area contributed by atoms with Crippen molar-refractivity contribution in [1.29, 1.82) is 0 Å². The first kappa shape index (κ1) is 9.68. The Labute approximate surface area is 64.9 Å². The van der Waals surface area contributed by atoms with Gasteiger partial charge in [-0.2, -0.15) is 0 Å². The molecule has 0 unspecified atom stereocenters. The summed E-state index contributed by atoms with van der Waals surface area (Å²) < 4.78 is 0. The van der Waals surface area contributed by atoms with Gasteiger partial charge in [0.1, 0.15) is 0 Å². The highest BCUT2D eigenvalue weighted by molar-refractivity contribution is 6.01. The minimum atomic E-state index is -1.06. The Morgan fingerprint density at radius 2 is 1.64 bits per heavy atom. The van der Waals surface area contributed by atoms with Crippen LogP contribution in [0.3, 0.4) is 0 Å². The molecule has 0 rings (SSSR count). The molecule has 0 aliphatic rings. The molecule has 11 heavy (non-hydrogen) atoms. The summed E-state index contributed by atoms with van der Waals surface area (Å²) in [6.07, 6.45) is 0. The second-order valence-electron chi connectivity index (χ2n) is 2.13. The number of carboxylic acids is 1. The number of nitrogens with one attached hydrogen (secondary N) is 1. The first-order valence-corrected chi connectivity index (χ1v) is 3.13. The van der Waals surface area contributed by atoms with E-state index in [2.05, 4.69) is 5.32 Å². The van der Waals surface area contributed by atoms with Gasteiger partial charge in [0.2, 0.25) is 5.91 Å². The smallest absolute Gasteiger partial charge is 0.331 e. The summed E-state index contributed by atoms with van der Waals surface area (Å²) in [7, 11) is 1.46. The molecule has 0 saturated carbocycles. The maximum atomic E-state index is 10.8. The number of aliphatic carboxylic acids is 1. The van der Waals surface area contributed by atoms with Crippen molar-refractivity contribution in [2.24, 2.45) is 0 Å². The Hall–Kier alpha value is -1.32. The molecular weight excluding hydrogens is 146 g/mol. The number of carbonyl (C=O) groups is 2. The molecule has 4 heteroatoms. The van der Waals surface area contributed by atoms with E-state index < -0.39 is 5.97 Å². The first-order valence-electron chi connectivity index (χ1n) is 3.13. The van der Waals surface area contributed by atoms with E-state index in [1.54, 1.807) is 0 Å². The molecule has 62 valence electrons. The first-order chi connectivity index (χ1) is 5.00. The fourth-order valence-corrected chi connectivity index (χ4v) is 0.518. The average Bonchev–Trinajstić information content (AvgIpc) is 2.00. The third-order valence-corrected chi connectivity index (χ3v) is 1.45. The molecule has 0 aliphatic carbocycles. The van der Waals surface area contributed by atoms with Gasteiger partial charge in [0, 0.05) is 18.2 Å². The van der Waals surface area contributed by atoms with E-state index in [4.69, 9.17) is 5.11 Å². The molecule has 1 amide bonds. The maximum absolute atomic E-state index is 10.8. The standard InChI is InChI=1S/C7H11NO3/c1-4(6(9)8-3)5(2)7(10)11/h1-3H3,(H,8,9)(H,10,11). The summed E-state index contributed by atoms with van der Waals surface area (Å²) in [5.74, 6) is -1.42. The lowest BCUT2D eigenvalue weighted by atomic mass is 10.1. The number of carboxylic acid groups (broad SMARTS) is 1. The van der Waals surface area contributed by atoms with Crippen molar-refractivity contribution in [1.82, 2.24) is 5.32 Å². The van der Waals surface area contributed by atoms with E-state index in [0.717, 1.165) is 0 Å². The summed E-state index contributed by atoms with van der Waals surface area (Å²) in [6.45, 7) is 2.87. The van der Waals surface area contributed by atoms with Gasteiger partial charge < -0.3 is 10.4 Å². The van der Waals surface area contributed by atoms with Crippen LogP contribution in [0, 0.1) is 0 Å². The van der Waals surface area contributed by atoms with E-state index in [0.29, 0.717) is 0 Å². The van der Waals surface area contributed by atoms with Gasteiger partial charge in [-0.3, -0.25) is 4.79 Å². The Bertz CT molecular complexity index is 218. The Kier molecular flexibility index (Phi) is 3.30. The Balaban J connectivity index is 4.66. The summed E-state index contributed by atoms with van der Waals surface area (Å²) >= 11 is 0. The Morgan fingerprint density at radius 3 is 1.91 bits per heavy atom. The summed E-state index contributed by atoms with van der Waals surface area (Å²) in [5, 5.41) is 10.8. The van der Waals surface area contributed by atoms with Crippen molar-refractivity contribution < 1.29 is 14.7 Å². The van der Waals surface area contributed by atoms with Gasteiger partial charge in [0.25, 0.3) is 0 Å². The van der Waals surface area contributed by atoms with E-state index in [1.165, 1.54) is 20.9 Å². The topological polar surface area (TPSA) is 66.4 Å². The molecule has 0 aromatic heterocycles. The summed E-state index contributed by atoms with van der Waals surface area (Å²) in [5.41, 5.74) is 0.310. The van der Waals surface area contributed by atoms with Gasteiger partial charge in [0.15, 0.2) is 0 Å². The highest BCUT2D eigenvalue weighted by Crippen LogP contribution is 2.02. The number of hydrogen-bond donors (Lipinski definition) is 2. The maximum Gasteiger partial charge on any atom is 0.331 e. The molecule has 0 fully saturated rings. The molecule has 0 saturated heterocycles.